The van der Waals surface area contributed by atoms with Crippen molar-refractivity contribution in [1.29, 1.82) is 0 Å². The van der Waals surface area contributed by atoms with Crippen LogP contribution in [0.25, 0.3) is 0 Å². The van der Waals surface area contributed by atoms with E-state index in [-0.39, 0.29) is 29.0 Å². The molecule has 0 spiro atoms. The van der Waals surface area contributed by atoms with Crippen molar-refractivity contribution >= 4 is 0 Å². The highest BCUT2D eigenvalue weighted by atomic mass is 16.7. The van der Waals surface area contributed by atoms with E-state index in [9.17, 15) is 10.1 Å². The first-order valence-corrected chi connectivity index (χ1v) is 5.44. The van der Waals surface area contributed by atoms with Gasteiger partial charge in [-0.15, -0.1) is 0 Å². The van der Waals surface area contributed by atoms with Gasteiger partial charge >= 0.3 is 0 Å². The molecule has 1 rings (SSSR count). The van der Waals surface area contributed by atoms with Crippen molar-refractivity contribution in [3.8, 4) is 0 Å². The molecule has 0 aromatic heterocycles. The number of hydrogen-bond acceptors (Lipinski definition) is 4. The third-order valence-electron chi connectivity index (χ3n) is 2.85. The summed E-state index contributed by atoms with van der Waals surface area (Å²) in [6, 6.07) is -0.577. The van der Waals surface area contributed by atoms with Crippen molar-refractivity contribution in [2.75, 3.05) is 0 Å². The molecule has 0 radical (unpaired) electrons. The second-order valence-corrected chi connectivity index (χ2v) is 4.77. The van der Waals surface area contributed by atoms with E-state index in [2.05, 4.69) is 0 Å². The van der Waals surface area contributed by atoms with Gasteiger partial charge in [-0.1, -0.05) is 13.8 Å². The largest absolute Gasteiger partial charge is 0.288 e. The second kappa shape index (κ2) is 4.45. The lowest BCUT2D eigenvalue weighted by Gasteiger charge is -2.28. The van der Waals surface area contributed by atoms with Crippen LogP contribution in [0.4, 0.5) is 0 Å². The van der Waals surface area contributed by atoms with Gasteiger partial charge in [0, 0.05) is 11.0 Å². The minimum atomic E-state index is -0.618. The zero-order valence-electron chi connectivity index (χ0n) is 10.0. The van der Waals surface area contributed by atoms with Crippen molar-refractivity contribution in [1.82, 2.24) is 5.06 Å². The highest BCUT2D eigenvalue weighted by Gasteiger charge is 2.51. The van der Waals surface area contributed by atoms with E-state index in [1.165, 1.54) is 0 Å². The molecule has 0 aliphatic carbocycles. The lowest BCUT2D eigenvalue weighted by Crippen LogP contribution is -2.46. The summed E-state index contributed by atoms with van der Waals surface area (Å²) in [5.74, 6) is 0.216. The molecule has 1 aliphatic heterocycles. The first-order valence-electron chi connectivity index (χ1n) is 5.44. The second-order valence-electron chi connectivity index (χ2n) is 4.77. The summed E-state index contributed by atoms with van der Waals surface area (Å²) < 4.78 is 0. The highest BCUT2D eigenvalue weighted by Crippen LogP contribution is 2.30. The van der Waals surface area contributed by atoms with Crippen molar-refractivity contribution in [3.63, 3.8) is 0 Å². The number of nitrogens with zero attached hydrogens (tertiary/aromatic N) is 2. The summed E-state index contributed by atoms with van der Waals surface area (Å²) in [7, 11) is 0. The fourth-order valence-electron chi connectivity index (χ4n) is 2.20. The van der Waals surface area contributed by atoms with Crippen LogP contribution in [0, 0.1) is 16.0 Å². The Bertz CT molecular complexity index is 243. The standard InChI is InChI=1S/C10H20N2O3/c1-6(2)9-10(12(13)14)8(5)15-11(9)7(3)4/h6-10H,1-5H3/t8-,9-,10+/m0/s1. The summed E-state index contributed by atoms with van der Waals surface area (Å²) in [6.45, 7) is 9.75. The maximum absolute atomic E-state index is 11.0. The van der Waals surface area contributed by atoms with Crippen molar-refractivity contribution in [2.24, 2.45) is 5.92 Å². The molecular weight excluding hydrogens is 196 g/mol. The zero-order chi connectivity index (χ0) is 11.7. The van der Waals surface area contributed by atoms with Crippen LogP contribution in [-0.2, 0) is 4.84 Å². The van der Waals surface area contributed by atoms with E-state index in [0.29, 0.717) is 0 Å². The van der Waals surface area contributed by atoms with Crippen LogP contribution < -0.4 is 0 Å². The van der Waals surface area contributed by atoms with Gasteiger partial charge < -0.3 is 0 Å². The van der Waals surface area contributed by atoms with Crippen LogP contribution in [0.1, 0.15) is 34.6 Å². The van der Waals surface area contributed by atoms with Crippen molar-refractivity contribution in [2.45, 2.75) is 58.8 Å². The van der Waals surface area contributed by atoms with Crippen LogP contribution in [-0.4, -0.2) is 34.2 Å². The van der Waals surface area contributed by atoms with Gasteiger partial charge in [0.1, 0.15) is 12.1 Å². The summed E-state index contributed by atoms with van der Waals surface area (Å²) in [5.41, 5.74) is 0. The maximum atomic E-state index is 11.0. The summed E-state index contributed by atoms with van der Waals surface area (Å²) >= 11 is 0. The molecule has 1 aliphatic rings. The Balaban J connectivity index is 2.93. The minimum Gasteiger partial charge on any atom is -0.288 e. The average Bonchev–Trinajstić information content (AvgIpc) is 2.42. The lowest BCUT2D eigenvalue weighted by molar-refractivity contribution is -0.529. The third kappa shape index (κ3) is 2.29. The fourth-order valence-corrected chi connectivity index (χ4v) is 2.20. The molecule has 5 heteroatoms. The molecular formula is C10H20N2O3. The van der Waals surface area contributed by atoms with Gasteiger partial charge in [-0.3, -0.25) is 15.0 Å². The fraction of sp³-hybridized carbons (Fsp3) is 1.00. The quantitative estimate of drug-likeness (QED) is 0.532. The topological polar surface area (TPSA) is 55.6 Å². The maximum Gasteiger partial charge on any atom is 0.258 e. The van der Waals surface area contributed by atoms with E-state index in [1.54, 1.807) is 12.0 Å². The normalized spacial score (nSPS) is 32.9. The number of nitro groups is 1. The SMILES string of the molecule is CC(C)[C@H]1[C@H]([N+](=O)[O-])[C@H](C)ON1C(C)C. The molecule has 1 fully saturated rings. The van der Waals surface area contributed by atoms with Gasteiger partial charge in [-0.25, -0.2) is 0 Å². The predicted octanol–water partition coefficient (Wildman–Crippen LogP) is 1.70. The van der Waals surface area contributed by atoms with Crippen LogP contribution in [0.2, 0.25) is 0 Å². The Hall–Kier alpha value is -0.680. The summed E-state index contributed by atoms with van der Waals surface area (Å²) in [5, 5.41) is 12.8. The van der Waals surface area contributed by atoms with E-state index >= 15 is 0 Å². The molecule has 1 heterocycles. The molecule has 1 saturated heterocycles. The molecule has 0 aromatic rings. The first kappa shape index (κ1) is 12.4. The number of hydrogen-bond donors (Lipinski definition) is 0. The third-order valence-corrected chi connectivity index (χ3v) is 2.85. The van der Waals surface area contributed by atoms with Crippen LogP contribution >= 0.6 is 0 Å². The molecule has 88 valence electrons. The van der Waals surface area contributed by atoms with Gasteiger partial charge in [-0.05, 0) is 26.7 Å². The Kier molecular flexibility index (Phi) is 3.67. The Morgan fingerprint density at radius 1 is 1.33 bits per heavy atom. The summed E-state index contributed by atoms with van der Waals surface area (Å²) in [6.07, 6.45) is -0.338. The van der Waals surface area contributed by atoms with E-state index in [0.717, 1.165) is 0 Å². The predicted molar refractivity (Wildman–Crippen MR) is 56.9 cm³/mol. The van der Waals surface area contributed by atoms with Crippen LogP contribution in [0.3, 0.4) is 0 Å². The molecule has 0 N–H and O–H groups in total. The average molecular weight is 216 g/mol. The number of rotatable bonds is 3. The Morgan fingerprint density at radius 3 is 2.20 bits per heavy atom. The smallest absolute Gasteiger partial charge is 0.258 e. The molecule has 5 nitrogen and oxygen atoms in total. The molecule has 0 amide bonds. The Labute approximate surface area is 90.5 Å². The zero-order valence-corrected chi connectivity index (χ0v) is 10.0. The molecule has 15 heavy (non-hydrogen) atoms. The van der Waals surface area contributed by atoms with Crippen molar-refractivity contribution < 1.29 is 9.76 Å². The van der Waals surface area contributed by atoms with E-state index < -0.39 is 6.04 Å². The summed E-state index contributed by atoms with van der Waals surface area (Å²) in [4.78, 5) is 16.3. The van der Waals surface area contributed by atoms with E-state index in [1.807, 2.05) is 27.7 Å². The van der Waals surface area contributed by atoms with Crippen LogP contribution in [0.15, 0.2) is 0 Å². The van der Waals surface area contributed by atoms with Gasteiger partial charge in [0.05, 0.1) is 0 Å². The molecule has 0 saturated carbocycles. The van der Waals surface area contributed by atoms with Crippen LogP contribution in [0.5, 0.6) is 0 Å². The minimum absolute atomic E-state index is 0.130. The first-order chi connectivity index (χ1) is 6.86. The molecule has 0 unspecified atom stereocenters. The monoisotopic (exact) mass is 216 g/mol. The van der Waals surface area contributed by atoms with Gasteiger partial charge in [-0.2, -0.15) is 5.06 Å². The number of hydroxylamine groups is 2. The van der Waals surface area contributed by atoms with Crippen molar-refractivity contribution in [3.05, 3.63) is 10.1 Å². The molecule has 0 bridgehead atoms. The lowest BCUT2D eigenvalue weighted by atomic mass is 9.94. The highest BCUT2D eigenvalue weighted by molar-refractivity contribution is 4.89. The van der Waals surface area contributed by atoms with Gasteiger partial charge in [0.15, 0.2) is 0 Å². The molecule has 3 atom stereocenters. The Morgan fingerprint density at radius 2 is 1.87 bits per heavy atom. The van der Waals surface area contributed by atoms with Gasteiger partial charge in [0.25, 0.3) is 6.04 Å². The molecule has 0 aromatic carbocycles. The van der Waals surface area contributed by atoms with Gasteiger partial charge in [0.2, 0.25) is 0 Å². The van der Waals surface area contributed by atoms with E-state index in [4.69, 9.17) is 4.84 Å².